The summed E-state index contributed by atoms with van der Waals surface area (Å²) in [4.78, 5) is 6.03. The average Bonchev–Trinajstić information content (AvgIpc) is 2.59. The van der Waals surface area contributed by atoms with Crippen LogP contribution in [0.1, 0.15) is 22.2 Å². The van der Waals surface area contributed by atoms with E-state index >= 15 is 0 Å². The second-order valence-electron chi connectivity index (χ2n) is 3.97. The quantitative estimate of drug-likeness (QED) is 0.631. The van der Waals surface area contributed by atoms with Crippen LogP contribution in [0.5, 0.6) is 0 Å². The molecular weight excluding hydrogens is 208 g/mol. The summed E-state index contributed by atoms with van der Waals surface area (Å²) in [5, 5.41) is 0. The van der Waals surface area contributed by atoms with Gasteiger partial charge in [0.25, 0.3) is 0 Å². The van der Waals surface area contributed by atoms with Crippen molar-refractivity contribution in [2.75, 3.05) is 0 Å². The van der Waals surface area contributed by atoms with Gasteiger partial charge in [0.05, 0.1) is 0 Å². The Morgan fingerprint density at radius 1 is 1.36 bits per heavy atom. The number of aryl methyl sites for hydroxylation is 1. The Kier molecular flexibility index (Phi) is 1.89. The first-order valence-corrected chi connectivity index (χ1v) is 6.53. The molecule has 0 amide bonds. The van der Waals surface area contributed by atoms with Crippen molar-refractivity contribution in [3.8, 4) is 0 Å². The van der Waals surface area contributed by atoms with E-state index in [1.807, 2.05) is 23.1 Å². The van der Waals surface area contributed by atoms with Crippen molar-refractivity contribution in [3.63, 3.8) is 0 Å². The third-order valence-electron chi connectivity index (χ3n) is 2.75. The molecular formula is C12H12S2. The summed E-state index contributed by atoms with van der Waals surface area (Å²) in [6.07, 6.45) is 6.02. The third-order valence-corrected chi connectivity index (χ3v) is 4.95. The van der Waals surface area contributed by atoms with Crippen molar-refractivity contribution in [1.82, 2.24) is 0 Å². The van der Waals surface area contributed by atoms with Crippen molar-refractivity contribution in [1.29, 1.82) is 0 Å². The molecule has 0 spiro atoms. The van der Waals surface area contributed by atoms with E-state index in [1.165, 1.54) is 21.8 Å². The molecule has 1 aliphatic heterocycles. The van der Waals surface area contributed by atoms with Crippen LogP contribution in [0.25, 0.3) is 6.08 Å². The molecule has 1 atom stereocenters. The Bertz CT molecular complexity index is 449. The van der Waals surface area contributed by atoms with Gasteiger partial charge in [-0.3, -0.25) is 0 Å². The zero-order valence-electron chi connectivity index (χ0n) is 8.33. The van der Waals surface area contributed by atoms with Crippen LogP contribution in [0.4, 0.5) is 0 Å². The van der Waals surface area contributed by atoms with Crippen LogP contribution in [0, 0.1) is 12.8 Å². The largest absolute Gasteiger partial charge is 0.145 e. The second-order valence-corrected chi connectivity index (χ2v) is 6.63. The van der Waals surface area contributed by atoms with Crippen molar-refractivity contribution >= 4 is 29.2 Å². The molecule has 0 nitrogen and oxygen atoms in total. The predicted molar refractivity (Wildman–Crippen MR) is 65.6 cm³/mol. The molecule has 2 aliphatic rings. The normalized spacial score (nSPS) is 24.0. The van der Waals surface area contributed by atoms with Gasteiger partial charge in [0.1, 0.15) is 0 Å². The Morgan fingerprint density at radius 3 is 3.07 bits per heavy atom. The molecule has 3 rings (SSSR count). The zero-order valence-corrected chi connectivity index (χ0v) is 9.97. The van der Waals surface area contributed by atoms with Gasteiger partial charge < -0.3 is 0 Å². The lowest BCUT2D eigenvalue weighted by atomic mass is 9.95. The highest BCUT2D eigenvalue weighted by Crippen LogP contribution is 2.46. The number of thioether (sulfide) groups is 1. The SMILES string of the molecule is CC1=CC2Cc3sc(C)cc3C=C2S1. The number of allylic oxidation sites excluding steroid dienone is 3. The molecule has 0 bridgehead atoms. The molecule has 72 valence electrons. The highest BCUT2D eigenvalue weighted by atomic mass is 32.2. The summed E-state index contributed by atoms with van der Waals surface area (Å²) in [6, 6.07) is 2.32. The van der Waals surface area contributed by atoms with Crippen molar-refractivity contribution in [2.45, 2.75) is 20.3 Å². The Labute approximate surface area is 92.7 Å². The van der Waals surface area contributed by atoms with Gasteiger partial charge in [0, 0.05) is 15.7 Å². The summed E-state index contributed by atoms with van der Waals surface area (Å²) >= 11 is 3.91. The molecule has 0 aromatic carbocycles. The van der Waals surface area contributed by atoms with E-state index in [1.54, 1.807) is 9.78 Å². The summed E-state index contributed by atoms with van der Waals surface area (Å²) in [7, 11) is 0. The van der Waals surface area contributed by atoms with Gasteiger partial charge in [-0.2, -0.15) is 0 Å². The fraction of sp³-hybridized carbons (Fsp3) is 0.333. The van der Waals surface area contributed by atoms with Crippen LogP contribution in [0.2, 0.25) is 0 Å². The number of thiophene rings is 1. The number of rotatable bonds is 0. The molecule has 1 aromatic rings. The minimum absolute atomic E-state index is 0.686. The summed E-state index contributed by atoms with van der Waals surface area (Å²) < 4.78 is 0. The topological polar surface area (TPSA) is 0 Å². The summed E-state index contributed by atoms with van der Waals surface area (Å²) in [5.41, 5.74) is 1.47. The lowest BCUT2D eigenvalue weighted by molar-refractivity contribution is 0.803. The van der Waals surface area contributed by atoms with Gasteiger partial charge in [-0.1, -0.05) is 17.8 Å². The van der Waals surface area contributed by atoms with Crippen LogP contribution >= 0.6 is 23.1 Å². The molecule has 14 heavy (non-hydrogen) atoms. The number of fused-ring (bicyclic) bond motifs is 2. The average molecular weight is 220 g/mol. The standard InChI is InChI=1S/C12H12S2/c1-7-3-9-5-12-10(4-8(2)14-12)6-11(9)13-7/h3-5,10H,6H2,1-2H3. The molecule has 1 aromatic heterocycles. The molecule has 0 saturated heterocycles. The van der Waals surface area contributed by atoms with Gasteiger partial charge in [-0.05, 0) is 47.8 Å². The Morgan fingerprint density at radius 2 is 2.21 bits per heavy atom. The van der Waals surface area contributed by atoms with E-state index in [2.05, 4.69) is 32.1 Å². The van der Waals surface area contributed by atoms with Crippen LogP contribution in [-0.2, 0) is 6.42 Å². The predicted octanol–water partition coefficient (Wildman–Crippen LogP) is 4.22. The molecule has 2 heterocycles. The lowest BCUT2D eigenvalue weighted by Gasteiger charge is -2.15. The second kappa shape index (κ2) is 3.01. The van der Waals surface area contributed by atoms with Gasteiger partial charge in [0.2, 0.25) is 0 Å². The molecule has 0 saturated carbocycles. The van der Waals surface area contributed by atoms with E-state index < -0.39 is 0 Å². The van der Waals surface area contributed by atoms with E-state index in [0.29, 0.717) is 5.92 Å². The van der Waals surface area contributed by atoms with Crippen molar-refractivity contribution in [2.24, 2.45) is 5.92 Å². The maximum Gasteiger partial charge on any atom is 0.0141 e. The molecule has 0 fully saturated rings. The monoisotopic (exact) mass is 220 g/mol. The molecule has 1 unspecified atom stereocenters. The van der Waals surface area contributed by atoms with Crippen molar-refractivity contribution in [3.05, 3.63) is 37.3 Å². The Balaban J connectivity index is 2.06. The van der Waals surface area contributed by atoms with Gasteiger partial charge in [0.15, 0.2) is 0 Å². The lowest BCUT2D eigenvalue weighted by Crippen LogP contribution is -2.03. The summed E-state index contributed by atoms with van der Waals surface area (Å²) in [5.74, 6) is 0.686. The first-order chi connectivity index (χ1) is 6.72. The zero-order chi connectivity index (χ0) is 9.71. The third kappa shape index (κ3) is 1.29. The molecule has 2 heteroatoms. The first-order valence-electron chi connectivity index (χ1n) is 4.89. The Hall–Kier alpha value is -0.470. The van der Waals surface area contributed by atoms with Crippen LogP contribution in [-0.4, -0.2) is 0 Å². The van der Waals surface area contributed by atoms with Gasteiger partial charge in [-0.15, -0.1) is 11.3 Å². The maximum atomic E-state index is 2.41. The van der Waals surface area contributed by atoms with E-state index in [0.717, 1.165) is 0 Å². The van der Waals surface area contributed by atoms with Gasteiger partial charge in [-0.25, -0.2) is 0 Å². The van der Waals surface area contributed by atoms with E-state index in [-0.39, 0.29) is 0 Å². The van der Waals surface area contributed by atoms with E-state index in [4.69, 9.17) is 0 Å². The van der Waals surface area contributed by atoms with E-state index in [9.17, 15) is 0 Å². The van der Waals surface area contributed by atoms with Crippen LogP contribution in [0.3, 0.4) is 0 Å². The highest BCUT2D eigenvalue weighted by Gasteiger charge is 2.26. The molecule has 0 N–H and O–H groups in total. The molecule has 1 aliphatic carbocycles. The number of hydrogen-bond acceptors (Lipinski definition) is 2. The minimum Gasteiger partial charge on any atom is -0.145 e. The maximum absolute atomic E-state index is 2.41. The first kappa shape index (κ1) is 8.81. The molecule has 0 radical (unpaired) electrons. The summed E-state index contributed by atoms with van der Waals surface area (Å²) in [6.45, 7) is 4.41. The van der Waals surface area contributed by atoms with Crippen LogP contribution < -0.4 is 0 Å². The highest BCUT2D eigenvalue weighted by molar-refractivity contribution is 8.07. The fourth-order valence-electron chi connectivity index (χ4n) is 2.17. The van der Waals surface area contributed by atoms with Gasteiger partial charge >= 0.3 is 0 Å². The number of hydrogen-bond donors (Lipinski definition) is 0. The fourth-order valence-corrected chi connectivity index (χ4v) is 4.34. The minimum atomic E-state index is 0.686. The van der Waals surface area contributed by atoms with Crippen LogP contribution in [0.15, 0.2) is 22.0 Å². The van der Waals surface area contributed by atoms with Crippen molar-refractivity contribution < 1.29 is 0 Å². The smallest absolute Gasteiger partial charge is 0.0141 e.